The van der Waals surface area contributed by atoms with Crippen LogP contribution in [-0.2, 0) is 39.0 Å². The van der Waals surface area contributed by atoms with Gasteiger partial charge in [0.1, 0.15) is 4.90 Å². The van der Waals surface area contributed by atoms with Crippen LogP contribution in [0.4, 0.5) is 58.4 Å². The number of hydrogen-bond acceptors (Lipinski definition) is 28. The van der Waals surface area contributed by atoms with Gasteiger partial charge in [0.15, 0.2) is 0 Å². The standard InChI is InChI=1S/C48H60N16O12S4/c1-59(2)19-21-61-23-27-63(28-24-61)47-56-44(50-36-13-17-40(18-14-36)79(67,68)69)53-45(57-47)51-37-9-7-33(41(31-37)78-76-74-66)5-6-34-8-10-38(32-42(34)80(70,71)72)52-46-54-43(49-35-11-15-39(16-12-35)77-75-73-65)55-48(58-46)64-29-25-62(26-30-64)22-20-60(3)4/h5-18,31-32,65-66H,19-30H2,1-4H3,(H,67,68,69)(H,70,71,72)(H2,49,52,54,55,58)(H2,50,51,53,56,57). The summed E-state index contributed by atoms with van der Waals surface area (Å²) in [6.07, 6.45) is 3.06. The highest BCUT2D eigenvalue weighted by atomic mass is 32.2. The zero-order valence-electron chi connectivity index (χ0n) is 43.8. The molecule has 4 heterocycles. The van der Waals surface area contributed by atoms with Crippen LogP contribution in [0.25, 0.3) is 12.2 Å². The summed E-state index contributed by atoms with van der Waals surface area (Å²) in [6, 6.07) is 21.7. The average Bonchev–Trinajstić information content (AvgIpc) is 3.46. The molecule has 0 saturated carbocycles. The number of likely N-dealkylation sites (N-methyl/N-ethyl adjacent to an activating group) is 2. The SMILES string of the molecule is CN(C)CCN1CCN(c2nc(Nc3ccc(S(=O)(=O)O)cc3)nc(Nc3ccc(C=Cc4ccc(Nc5nc(Nc6ccc(SOOO)cc6)nc(N6CCN(CCN(C)C)CC6)n5)cc4S(=O)(=O)O)c(SOOO)c3)n2)CC1. The average molecular weight is 1180 g/mol. The zero-order valence-corrected chi connectivity index (χ0v) is 47.0. The highest BCUT2D eigenvalue weighted by Crippen LogP contribution is 2.33. The van der Waals surface area contributed by atoms with Gasteiger partial charge in [-0.3, -0.25) is 18.9 Å². The van der Waals surface area contributed by atoms with Crippen molar-refractivity contribution in [3.8, 4) is 0 Å². The second-order valence-electron chi connectivity index (χ2n) is 18.6. The predicted octanol–water partition coefficient (Wildman–Crippen LogP) is 5.92. The molecule has 4 aromatic carbocycles. The van der Waals surface area contributed by atoms with Gasteiger partial charge in [-0.05, 0) is 112 Å². The molecule has 0 radical (unpaired) electrons. The fourth-order valence-corrected chi connectivity index (χ4v) is 10.2. The Kier molecular flexibility index (Phi) is 20.8. The number of rotatable bonds is 26. The second kappa shape index (κ2) is 27.8. The Morgan fingerprint density at radius 2 is 0.938 bits per heavy atom. The lowest BCUT2D eigenvalue weighted by molar-refractivity contribution is -0.432. The molecule has 0 unspecified atom stereocenters. The van der Waals surface area contributed by atoms with Gasteiger partial charge in [0, 0.05) is 111 Å². The van der Waals surface area contributed by atoms with Crippen molar-refractivity contribution >= 4 is 115 Å². The van der Waals surface area contributed by atoms with Gasteiger partial charge in [-0.1, -0.05) is 34.4 Å². The third-order valence-corrected chi connectivity index (χ3v) is 15.4. The van der Waals surface area contributed by atoms with Crippen molar-refractivity contribution in [2.75, 3.05) is 138 Å². The molecule has 8 rings (SSSR count). The summed E-state index contributed by atoms with van der Waals surface area (Å²) in [5.41, 5.74) is 2.32. The van der Waals surface area contributed by atoms with E-state index in [-0.39, 0.29) is 39.9 Å². The van der Waals surface area contributed by atoms with E-state index in [2.05, 4.69) is 70.2 Å². The zero-order chi connectivity index (χ0) is 56.8. The van der Waals surface area contributed by atoms with E-state index in [1.165, 1.54) is 42.5 Å². The molecular formula is C48H60N16O12S4. The van der Waals surface area contributed by atoms with Gasteiger partial charge in [0.25, 0.3) is 20.2 Å². The maximum absolute atomic E-state index is 13.0. The lowest BCUT2D eigenvalue weighted by atomic mass is 10.1. The van der Waals surface area contributed by atoms with E-state index in [0.717, 1.165) is 64.4 Å². The van der Waals surface area contributed by atoms with Crippen molar-refractivity contribution in [1.29, 1.82) is 0 Å². The number of piperazine rings is 2. The number of anilines is 10. The molecular weight excluding hydrogens is 1120 g/mol. The lowest BCUT2D eigenvalue weighted by Gasteiger charge is -2.35. The Hall–Kier alpha value is -6.44. The van der Waals surface area contributed by atoms with Crippen LogP contribution in [0.5, 0.6) is 0 Å². The minimum atomic E-state index is -4.83. The fraction of sp³-hybridized carbons (Fsp3) is 0.333. The summed E-state index contributed by atoms with van der Waals surface area (Å²) >= 11 is 1.45. The number of benzene rings is 4. The molecule has 2 aliphatic rings. The van der Waals surface area contributed by atoms with Crippen LogP contribution in [0.1, 0.15) is 11.1 Å². The van der Waals surface area contributed by atoms with Crippen LogP contribution in [0.3, 0.4) is 0 Å². The van der Waals surface area contributed by atoms with Crippen LogP contribution in [0, 0.1) is 0 Å². The minimum absolute atomic E-state index is 0.0854. The molecule has 8 N–H and O–H groups in total. The molecule has 2 aliphatic heterocycles. The predicted molar refractivity (Wildman–Crippen MR) is 303 cm³/mol. The first kappa shape index (κ1) is 59.7. The van der Waals surface area contributed by atoms with Gasteiger partial charge in [-0.25, -0.2) is 10.5 Å². The van der Waals surface area contributed by atoms with E-state index in [4.69, 9.17) is 29.8 Å². The summed E-state index contributed by atoms with van der Waals surface area (Å²) in [5.74, 6) is 1.29. The van der Waals surface area contributed by atoms with E-state index < -0.39 is 25.1 Å². The van der Waals surface area contributed by atoms with Gasteiger partial charge in [0.05, 0.1) is 29.0 Å². The number of hydrogen-bond donors (Lipinski definition) is 8. The van der Waals surface area contributed by atoms with Crippen LogP contribution >= 0.6 is 24.1 Å². The highest BCUT2D eigenvalue weighted by molar-refractivity contribution is 7.94. The maximum atomic E-state index is 13.0. The van der Waals surface area contributed by atoms with Gasteiger partial charge in [-0.2, -0.15) is 46.7 Å². The summed E-state index contributed by atoms with van der Waals surface area (Å²) in [5, 5.41) is 37.9. The Balaban J connectivity index is 1.03. The molecule has 6 aromatic rings. The monoisotopic (exact) mass is 1180 g/mol. The molecule has 0 aliphatic carbocycles. The summed E-state index contributed by atoms with van der Waals surface area (Å²) in [6.45, 7) is 9.28. The van der Waals surface area contributed by atoms with Crippen molar-refractivity contribution in [2.24, 2.45) is 0 Å². The van der Waals surface area contributed by atoms with Gasteiger partial charge in [-0.15, -0.1) is 8.67 Å². The smallest absolute Gasteiger partial charge is 0.295 e. The molecule has 2 aromatic heterocycles. The van der Waals surface area contributed by atoms with Crippen LogP contribution in [-0.4, -0.2) is 193 Å². The second-order valence-corrected chi connectivity index (χ2v) is 22.9. The lowest BCUT2D eigenvalue weighted by Crippen LogP contribution is -2.48. The molecule has 0 spiro atoms. The van der Waals surface area contributed by atoms with Crippen molar-refractivity contribution in [3.63, 3.8) is 0 Å². The normalized spacial score (nSPS) is 14.8. The fourth-order valence-electron chi connectivity index (χ4n) is 8.16. The quantitative estimate of drug-likeness (QED) is 0.0103. The minimum Gasteiger partial charge on any atom is -0.338 e. The van der Waals surface area contributed by atoms with E-state index >= 15 is 0 Å². The Morgan fingerprint density at radius 1 is 0.525 bits per heavy atom. The van der Waals surface area contributed by atoms with Gasteiger partial charge >= 0.3 is 0 Å². The van der Waals surface area contributed by atoms with Crippen molar-refractivity contribution in [3.05, 3.63) is 96.1 Å². The van der Waals surface area contributed by atoms with E-state index in [9.17, 15) is 25.9 Å². The summed E-state index contributed by atoms with van der Waals surface area (Å²) < 4.78 is 78.9. The van der Waals surface area contributed by atoms with E-state index in [1.54, 1.807) is 54.6 Å². The number of aromatic nitrogens is 6. The highest BCUT2D eigenvalue weighted by Gasteiger charge is 2.24. The first-order chi connectivity index (χ1) is 38.4. The molecule has 0 amide bonds. The van der Waals surface area contributed by atoms with Gasteiger partial charge < -0.3 is 40.9 Å². The Morgan fingerprint density at radius 3 is 1.39 bits per heavy atom. The van der Waals surface area contributed by atoms with E-state index in [1.807, 2.05) is 38.0 Å². The molecule has 2 saturated heterocycles. The number of nitrogens with one attached hydrogen (secondary N) is 4. The van der Waals surface area contributed by atoms with Crippen LogP contribution < -0.4 is 31.1 Å². The van der Waals surface area contributed by atoms with Crippen molar-refractivity contribution in [1.82, 2.24) is 49.5 Å². The molecule has 80 heavy (non-hydrogen) atoms. The third-order valence-electron chi connectivity index (χ3n) is 12.4. The molecule has 32 heteroatoms. The van der Waals surface area contributed by atoms with Crippen molar-refractivity contribution in [2.45, 2.75) is 19.6 Å². The van der Waals surface area contributed by atoms with Crippen LogP contribution in [0.2, 0.25) is 0 Å². The topological polar surface area (TPSA) is 331 Å². The molecule has 0 atom stereocenters. The molecule has 428 valence electrons. The molecule has 2 fully saturated rings. The first-order valence-corrected chi connectivity index (χ1v) is 29.0. The summed E-state index contributed by atoms with van der Waals surface area (Å²) in [4.78, 5) is 41.4. The molecule has 0 bridgehead atoms. The summed E-state index contributed by atoms with van der Waals surface area (Å²) in [7, 11) is -1.13. The number of nitrogens with zero attached hydrogens (tertiary/aromatic N) is 12. The third kappa shape index (κ3) is 17.5. The van der Waals surface area contributed by atoms with Crippen molar-refractivity contribution < 1.29 is 55.2 Å². The Labute approximate surface area is 470 Å². The van der Waals surface area contributed by atoms with E-state index in [0.29, 0.717) is 82.5 Å². The maximum Gasteiger partial charge on any atom is 0.295 e. The largest absolute Gasteiger partial charge is 0.338 e. The van der Waals surface area contributed by atoms with Gasteiger partial charge in [0.2, 0.25) is 35.7 Å². The van der Waals surface area contributed by atoms with Crippen LogP contribution in [0.15, 0.2) is 105 Å². The first-order valence-electron chi connectivity index (χ1n) is 24.6. The Bertz CT molecular complexity index is 3290. The molecule has 28 nitrogen and oxygen atoms in total.